The number of benzene rings is 6. The summed E-state index contributed by atoms with van der Waals surface area (Å²) in [6.45, 7) is 8.57. The third-order valence-corrected chi connectivity index (χ3v) is 16.1. The van der Waals surface area contributed by atoms with Crippen LogP contribution in [0.25, 0.3) is 66.9 Å². The van der Waals surface area contributed by atoms with Gasteiger partial charge in [0.15, 0.2) is 0 Å². The van der Waals surface area contributed by atoms with Crippen molar-refractivity contribution in [3.8, 4) is 68.3 Å². The normalized spacial score (nSPS) is 11.7. The van der Waals surface area contributed by atoms with Crippen LogP contribution in [0.5, 0.6) is 34.5 Å². The van der Waals surface area contributed by atoms with E-state index in [-0.39, 0.29) is 12.1 Å². The Kier molecular flexibility index (Phi) is 20.7. The first-order valence-electron chi connectivity index (χ1n) is 31.3. The molecule has 0 aliphatic rings. The molecule has 6 aromatic carbocycles. The molecule has 25 heteroatoms. The predicted molar refractivity (Wildman–Crippen MR) is 379 cm³/mol. The maximum Gasteiger partial charge on any atom is 0.124 e. The predicted octanol–water partition coefficient (Wildman–Crippen LogP) is 11.5. The highest BCUT2D eigenvalue weighted by Crippen LogP contribution is 2.39. The second-order valence-electron chi connectivity index (χ2n) is 23.1. The molecule has 2 unspecified atom stereocenters. The van der Waals surface area contributed by atoms with E-state index in [4.69, 9.17) is 54.8 Å². The van der Waals surface area contributed by atoms with Crippen molar-refractivity contribution in [2.45, 2.75) is 39.4 Å². The number of nitrogens with zero attached hydrogens (tertiary/aromatic N) is 17. The molecule has 0 spiro atoms. The van der Waals surface area contributed by atoms with Gasteiger partial charge in [-0.2, -0.15) is 20.4 Å². The summed E-state index contributed by atoms with van der Waals surface area (Å²) in [6.07, 6.45) is 18.3. The van der Waals surface area contributed by atoms with E-state index in [1.165, 1.54) is 0 Å². The molecule has 4 N–H and O–H groups in total. The Morgan fingerprint density at radius 3 is 1.14 bits per heavy atom. The van der Waals surface area contributed by atoms with Crippen molar-refractivity contribution in [1.82, 2.24) is 69.0 Å². The van der Waals surface area contributed by atoms with Crippen molar-refractivity contribution < 1.29 is 28.4 Å². The third-order valence-electron chi connectivity index (χ3n) is 16.1. The van der Waals surface area contributed by atoms with Gasteiger partial charge in [0.1, 0.15) is 34.5 Å². The summed E-state index contributed by atoms with van der Waals surface area (Å²) >= 11 is 0. The van der Waals surface area contributed by atoms with Gasteiger partial charge in [0, 0.05) is 189 Å². The number of aromatic nitrogens is 14. The summed E-state index contributed by atoms with van der Waals surface area (Å²) in [5, 5.41) is 17.2. The quantitative estimate of drug-likeness (QED) is 0.0638. The Morgan fingerprint density at radius 1 is 0.423 bits per heavy atom. The Bertz CT molecular complexity index is 4770. The molecule has 0 amide bonds. The van der Waals surface area contributed by atoms with Gasteiger partial charge in [-0.1, -0.05) is 0 Å². The molecule has 498 valence electrons. The van der Waals surface area contributed by atoms with Crippen LogP contribution in [0.3, 0.4) is 0 Å². The number of fused-ring (bicyclic) bond motifs is 3. The zero-order valence-electron chi connectivity index (χ0n) is 56.4. The minimum atomic E-state index is -0.0549. The number of anilines is 6. The topological polar surface area (TPSA) is 266 Å². The molecule has 0 saturated heterocycles. The van der Waals surface area contributed by atoms with Gasteiger partial charge in [0.2, 0.25) is 0 Å². The van der Waals surface area contributed by atoms with Crippen molar-refractivity contribution in [3.05, 3.63) is 183 Å². The van der Waals surface area contributed by atoms with Crippen molar-refractivity contribution >= 4 is 67.2 Å². The molecule has 0 aliphatic heterocycles. The van der Waals surface area contributed by atoms with Gasteiger partial charge >= 0.3 is 0 Å². The summed E-state index contributed by atoms with van der Waals surface area (Å²) in [7, 11) is 15.5. The lowest BCUT2D eigenvalue weighted by molar-refractivity contribution is 0.394. The molecule has 7 heterocycles. The van der Waals surface area contributed by atoms with Crippen LogP contribution < -0.4 is 54.6 Å². The molecule has 0 saturated carbocycles. The highest BCUT2D eigenvalue weighted by molar-refractivity contribution is 5.86. The third kappa shape index (κ3) is 15.8. The average Bonchev–Trinajstić information content (AvgIpc) is 1.42. The fourth-order valence-corrected chi connectivity index (χ4v) is 11.0. The van der Waals surface area contributed by atoms with Crippen molar-refractivity contribution in [2.24, 2.45) is 32.6 Å². The van der Waals surface area contributed by atoms with Crippen LogP contribution in [0, 0.1) is 6.92 Å². The molecule has 13 rings (SSSR count). The van der Waals surface area contributed by atoms with Crippen LogP contribution in [-0.4, -0.2) is 143 Å². The zero-order valence-corrected chi connectivity index (χ0v) is 56.4. The van der Waals surface area contributed by atoms with E-state index in [2.05, 4.69) is 76.0 Å². The monoisotopic (exact) mass is 1310 g/mol. The molecule has 0 fully saturated rings. The molecule has 0 aliphatic carbocycles. The van der Waals surface area contributed by atoms with Crippen LogP contribution in [0.1, 0.15) is 19.5 Å². The minimum absolute atomic E-state index is 0.0312. The molecule has 25 nitrogen and oxygen atoms in total. The summed E-state index contributed by atoms with van der Waals surface area (Å²) in [5.41, 5.74) is 29.0. The Labute approximate surface area is 562 Å². The van der Waals surface area contributed by atoms with Crippen molar-refractivity contribution in [3.63, 3.8) is 0 Å². The molecule has 0 bridgehead atoms. The van der Waals surface area contributed by atoms with Crippen LogP contribution >= 0.6 is 0 Å². The lowest BCUT2D eigenvalue weighted by Gasteiger charge is -2.31. The van der Waals surface area contributed by atoms with Gasteiger partial charge in [-0.15, -0.1) is 0 Å². The fraction of sp³-hybridized carbons (Fsp3) is 0.250. The molecule has 7 aromatic heterocycles. The first kappa shape index (κ1) is 66.7. The molecule has 97 heavy (non-hydrogen) atoms. The second kappa shape index (κ2) is 30.1. The summed E-state index contributed by atoms with van der Waals surface area (Å²) < 4.78 is 40.2. The Balaban J connectivity index is 0.000000148. The Hall–Kier alpha value is -11.7. The van der Waals surface area contributed by atoms with Crippen LogP contribution in [-0.2, 0) is 27.7 Å². The Morgan fingerprint density at radius 2 is 0.794 bits per heavy atom. The summed E-state index contributed by atoms with van der Waals surface area (Å²) in [5.74, 6) is 4.29. The van der Waals surface area contributed by atoms with E-state index < -0.39 is 0 Å². The smallest absolute Gasteiger partial charge is 0.124 e. The van der Waals surface area contributed by atoms with E-state index >= 15 is 0 Å². The summed E-state index contributed by atoms with van der Waals surface area (Å²) in [6, 6.07) is 37.6. The number of hydrogen-bond donors (Lipinski definition) is 2. The first-order valence-corrected chi connectivity index (χ1v) is 31.3. The van der Waals surface area contributed by atoms with Crippen LogP contribution in [0.15, 0.2) is 177 Å². The number of hydrogen-bond acceptors (Lipinski definition) is 21. The first-order chi connectivity index (χ1) is 47.0. The number of ether oxygens (including phenoxy) is 6. The van der Waals surface area contributed by atoms with E-state index in [0.29, 0.717) is 49.2 Å². The maximum absolute atomic E-state index is 6.18. The van der Waals surface area contributed by atoms with Gasteiger partial charge in [-0.25, -0.2) is 15.0 Å². The number of nitrogens with two attached hydrogens (primary N) is 2. The van der Waals surface area contributed by atoms with Gasteiger partial charge in [0.25, 0.3) is 0 Å². The fourth-order valence-electron chi connectivity index (χ4n) is 11.0. The van der Waals surface area contributed by atoms with E-state index in [1.807, 2.05) is 161 Å². The minimum Gasteiger partial charge on any atom is -0.497 e. The lowest BCUT2D eigenvalue weighted by atomic mass is 10.1. The number of methoxy groups -OCH3 is 6. The van der Waals surface area contributed by atoms with Crippen LogP contribution in [0.4, 0.5) is 34.1 Å². The number of aryl methyl sites for hydroxylation is 4. The van der Waals surface area contributed by atoms with Gasteiger partial charge in [-0.3, -0.25) is 33.7 Å². The maximum atomic E-state index is 6.18. The molecular formula is C72H79N19O6. The number of rotatable bonds is 22. The van der Waals surface area contributed by atoms with E-state index in [0.717, 1.165) is 118 Å². The molecule has 0 radical (unpaired) electrons. The molecular weight excluding hydrogens is 1230 g/mol. The standard InChI is InChI=1S/C26H27N7O2.2C23H26N6O2/c1-18-7-8-28-33(18)10-9-32(21-11-22(34-3)14-23(12-21)35-4)20-5-6-24-25(13-20)30-26(16-27-24)19-15-29-31(2)17-19;1-15(24)13-29(18-7-19(30-3)10-20(8-18)31-4)17-5-6-21-22(9-17)27-23(12-25-21)16-11-26-28(2)14-16;1-15(11-24)29(18-7-19(30-3)10-20(8-18)31-4)17-5-6-21-22(9-17)27-23(13-25-21)16-12-26-28(2)14-16/h5-8,11-17H,9-10H2,1-4H3;5-12,14-15H,13,24H2,1-4H3;5-10,12-15H,11,24H2,1-4H3. The average molecular weight is 1310 g/mol. The van der Waals surface area contributed by atoms with E-state index in [1.54, 1.807) is 93.9 Å². The van der Waals surface area contributed by atoms with Gasteiger partial charge in [-0.05, 0) is 81.4 Å². The zero-order chi connectivity index (χ0) is 68.3. The van der Waals surface area contributed by atoms with Gasteiger partial charge in [0.05, 0.1) is 137 Å². The van der Waals surface area contributed by atoms with Gasteiger partial charge < -0.3 is 54.6 Å². The largest absolute Gasteiger partial charge is 0.497 e. The van der Waals surface area contributed by atoms with Crippen molar-refractivity contribution in [1.29, 1.82) is 0 Å². The lowest BCUT2D eigenvalue weighted by Crippen LogP contribution is -2.34. The SMILES string of the molecule is COc1cc(OC)cc(N(CC(C)N)c2ccc3ncc(-c4cnn(C)c4)nc3c2)c1.COc1cc(OC)cc(N(CCn2nccc2C)c2ccc3ncc(-c4cnn(C)c4)nc3c2)c1.COc1cc(OC)cc(N(c2ccc3ncc(-c4cnn(C)c4)nc3c2)C(C)CN)c1. The van der Waals surface area contributed by atoms with E-state index in [9.17, 15) is 0 Å². The summed E-state index contributed by atoms with van der Waals surface area (Å²) in [4.78, 5) is 34.8. The van der Waals surface area contributed by atoms with Crippen molar-refractivity contribution in [2.75, 3.05) is 77.0 Å². The highest BCUT2D eigenvalue weighted by atomic mass is 16.5. The second-order valence-corrected chi connectivity index (χ2v) is 23.1. The van der Waals surface area contributed by atoms with Crippen LogP contribution in [0.2, 0.25) is 0 Å². The molecule has 2 atom stereocenters. The molecule has 13 aromatic rings. The highest BCUT2D eigenvalue weighted by Gasteiger charge is 2.21.